The Hall–Kier alpha value is -2.41. The van der Waals surface area contributed by atoms with Gasteiger partial charge in [0.1, 0.15) is 5.82 Å². The molecule has 0 bridgehead atoms. The quantitative estimate of drug-likeness (QED) is 0.801. The summed E-state index contributed by atoms with van der Waals surface area (Å²) < 4.78 is 22.8. The molecule has 0 saturated heterocycles. The van der Waals surface area contributed by atoms with E-state index in [1.165, 1.54) is 12.7 Å². The molecule has 3 rings (SSSR count). The summed E-state index contributed by atoms with van der Waals surface area (Å²) in [5, 5.41) is 2.99. The van der Waals surface area contributed by atoms with Gasteiger partial charge in [-0.1, -0.05) is 49.6 Å². The van der Waals surface area contributed by atoms with Crippen LogP contribution in [0.15, 0.2) is 48.7 Å². The zero-order valence-electron chi connectivity index (χ0n) is 16.2. The number of rotatable bonds is 6. The molecule has 1 aliphatic rings. The molecule has 0 atom stereocenters. The van der Waals surface area contributed by atoms with Gasteiger partial charge in [0.2, 0.25) is 0 Å². The van der Waals surface area contributed by atoms with Crippen molar-refractivity contribution in [1.29, 1.82) is 0 Å². The van der Waals surface area contributed by atoms with Crippen molar-refractivity contribution in [2.75, 3.05) is 11.2 Å². The number of nitrogens with zero attached hydrogens (tertiary/aromatic N) is 2. The molecule has 2 amide bonds. The monoisotopic (exact) mass is 401 g/mol. The van der Waals surface area contributed by atoms with E-state index in [1.54, 1.807) is 23.2 Å². The molecule has 1 N–H and O–H groups in total. The first-order valence-electron chi connectivity index (χ1n) is 9.66. The van der Waals surface area contributed by atoms with Crippen molar-refractivity contribution in [3.63, 3.8) is 0 Å². The van der Waals surface area contributed by atoms with Gasteiger partial charge in [0.15, 0.2) is 9.84 Å². The molecule has 150 valence electrons. The number of carbonyl (C=O) groups is 1. The van der Waals surface area contributed by atoms with Gasteiger partial charge in [-0.15, -0.1) is 0 Å². The molecule has 1 fully saturated rings. The minimum Gasteiger partial charge on any atom is -0.334 e. The van der Waals surface area contributed by atoms with Crippen molar-refractivity contribution in [3.05, 3.63) is 59.8 Å². The lowest BCUT2D eigenvalue weighted by molar-refractivity contribution is 0.240. The van der Waals surface area contributed by atoms with Crippen molar-refractivity contribution >= 4 is 21.7 Å². The van der Waals surface area contributed by atoms with Crippen molar-refractivity contribution in [2.24, 2.45) is 0 Å². The van der Waals surface area contributed by atoms with Crippen LogP contribution in [0.1, 0.15) is 43.2 Å². The standard InChI is InChI=1S/C21H27N3O3S/c1-28(26,27)16-18-12-10-17(11-13-18)15-23-21(25)24(19-7-3-2-4-8-19)20-9-5-6-14-22-20/h5-6,9-14,19H,2-4,7-8,15-16H2,1H3,(H,23,25). The highest BCUT2D eigenvalue weighted by Gasteiger charge is 2.27. The Kier molecular flexibility index (Phi) is 6.67. The number of pyridine rings is 1. The maximum Gasteiger partial charge on any atom is 0.323 e. The smallest absolute Gasteiger partial charge is 0.323 e. The Balaban J connectivity index is 1.66. The summed E-state index contributed by atoms with van der Waals surface area (Å²) in [5.74, 6) is 0.699. The first-order valence-corrected chi connectivity index (χ1v) is 11.7. The van der Waals surface area contributed by atoms with Gasteiger partial charge in [-0.2, -0.15) is 0 Å². The maximum absolute atomic E-state index is 13.0. The Labute approximate surface area is 166 Å². The van der Waals surface area contributed by atoms with Crippen LogP contribution in [0.25, 0.3) is 0 Å². The first kappa shape index (κ1) is 20.3. The van der Waals surface area contributed by atoms with E-state index in [1.807, 2.05) is 30.3 Å². The second kappa shape index (κ2) is 9.19. The average Bonchev–Trinajstić information content (AvgIpc) is 2.68. The molecule has 0 spiro atoms. The van der Waals surface area contributed by atoms with E-state index >= 15 is 0 Å². The number of urea groups is 1. The molecule has 7 heteroatoms. The van der Waals surface area contributed by atoms with E-state index in [2.05, 4.69) is 10.3 Å². The third-order valence-corrected chi connectivity index (χ3v) is 5.81. The number of hydrogen-bond acceptors (Lipinski definition) is 4. The fourth-order valence-electron chi connectivity index (χ4n) is 3.61. The molecule has 28 heavy (non-hydrogen) atoms. The summed E-state index contributed by atoms with van der Waals surface area (Å²) in [5.41, 5.74) is 1.67. The SMILES string of the molecule is CS(=O)(=O)Cc1ccc(CNC(=O)N(c2ccccn2)C2CCCCC2)cc1. The lowest BCUT2D eigenvalue weighted by Gasteiger charge is -2.33. The highest BCUT2D eigenvalue weighted by Crippen LogP contribution is 2.26. The van der Waals surface area contributed by atoms with E-state index in [9.17, 15) is 13.2 Å². The van der Waals surface area contributed by atoms with Crippen LogP contribution in [0.3, 0.4) is 0 Å². The van der Waals surface area contributed by atoms with Crippen molar-refractivity contribution in [1.82, 2.24) is 10.3 Å². The molecule has 1 aromatic carbocycles. The van der Waals surface area contributed by atoms with Crippen molar-refractivity contribution in [2.45, 2.75) is 50.4 Å². The van der Waals surface area contributed by atoms with Crippen molar-refractivity contribution < 1.29 is 13.2 Å². The number of amides is 2. The molecule has 0 radical (unpaired) electrons. The van der Waals surface area contributed by atoms with Crippen LogP contribution in [0.4, 0.5) is 10.6 Å². The molecular formula is C21H27N3O3S. The number of aromatic nitrogens is 1. The predicted octanol–water partition coefficient (Wildman–Crippen LogP) is 3.68. The van der Waals surface area contributed by atoms with Crippen LogP contribution in [-0.4, -0.2) is 31.7 Å². The molecule has 6 nitrogen and oxygen atoms in total. The van der Waals surface area contributed by atoms with Crippen molar-refractivity contribution in [3.8, 4) is 0 Å². The Bertz CT molecular complexity index is 877. The lowest BCUT2D eigenvalue weighted by atomic mass is 9.94. The molecule has 1 aliphatic carbocycles. The Morgan fingerprint density at radius 2 is 1.75 bits per heavy atom. The van der Waals surface area contributed by atoms with Crippen LogP contribution >= 0.6 is 0 Å². The van der Waals surface area contributed by atoms with Gasteiger partial charge in [-0.25, -0.2) is 18.2 Å². The third kappa shape index (κ3) is 5.79. The highest BCUT2D eigenvalue weighted by molar-refractivity contribution is 7.89. The zero-order valence-corrected chi connectivity index (χ0v) is 17.0. The molecule has 1 aromatic heterocycles. The predicted molar refractivity (Wildman–Crippen MR) is 111 cm³/mol. The minimum absolute atomic E-state index is 0.0226. The largest absolute Gasteiger partial charge is 0.334 e. The first-order chi connectivity index (χ1) is 13.4. The van der Waals surface area contributed by atoms with Gasteiger partial charge in [-0.3, -0.25) is 4.90 Å². The zero-order chi connectivity index (χ0) is 20.0. The number of nitrogens with one attached hydrogen (secondary N) is 1. The summed E-state index contributed by atoms with van der Waals surface area (Å²) in [6.07, 6.45) is 8.38. The minimum atomic E-state index is -3.05. The van der Waals surface area contributed by atoms with Crippen LogP contribution in [0.2, 0.25) is 0 Å². The van der Waals surface area contributed by atoms with E-state index in [0.29, 0.717) is 12.4 Å². The number of sulfone groups is 1. The molecule has 2 aromatic rings. The van der Waals surface area contributed by atoms with E-state index in [-0.39, 0.29) is 17.8 Å². The van der Waals surface area contributed by atoms with Gasteiger partial charge in [-0.05, 0) is 36.1 Å². The number of anilines is 1. The maximum atomic E-state index is 13.0. The summed E-state index contributed by atoms with van der Waals surface area (Å²) in [4.78, 5) is 19.1. The van der Waals surface area contributed by atoms with Gasteiger partial charge in [0.05, 0.1) is 5.75 Å². The normalized spacial score (nSPS) is 15.2. The fraction of sp³-hybridized carbons (Fsp3) is 0.429. The molecule has 0 unspecified atom stereocenters. The number of benzene rings is 1. The Morgan fingerprint density at radius 1 is 1.07 bits per heavy atom. The van der Waals surface area contributed by atoms with E-state index < -0.39 is 9.84 Å². The Morgan fingerprint density at radius 3 is 2.36 bits per heavy atom. The average molecular weight is 402 g/mol. The summed E-state index contributed by atoms with van der Waals surface area (Å²) in [6.45, 7) is 0.383. The topological polar surface area (TPSA) is 79.4 Å². The summed E-state index contributed by atoms with van der Waals surface area (Å²) in [7, 11) is -3.05. The van der Waals surface area contributed by atoms with E-state index in [0.717, 1.165) is 36.8 Å². The molecule has 0 aliphatic heterocycles. The summed E-state index contributed by atoms with van der Waals surface area (Å²) >= 11 is 0. The number of hydrogen-bond donors (Lipinski definition) is 1. The van der Waals surface area contributed by atoms with Crippen LogP contribution < -0.4 is 10.2 Å². The lowest BCUT2D eigenvalue weighted by Crippen LogP contribution is -2.47. The van der Waals surface area contributed by atoms with Crippen LogP contribution in [-0.2, 0) is 22.1 Å². The second-order valence-electron chi connectivity index (χ2n) is 7.40. The molecular weight excluding hydrogens is 374 g/mol. The van der Waals surface area contributed by atoms with Gasteiger partial charge in [0.25, 0.3) is 0 Å². The van der Waals surface area contributed by atoms with Gasteiger partial charge >= 0.3 is 6.03 Å². The molecule has 1 heterocycles. The van der Waals surface area contributed by atoms with Gasteiger partial charge < -0.3 is 5.32 Å². The van der Waals surface area contributed by atoms with Crippen LogP contribution in [0.5, 0.6) is 0 Å². The van der Waals surface area contributed by atoms with Crippen LogP contribution in [0, 0.1) is 0 Å². The number of carbonyl (C=O) groups excluding carboxylic acids is 1. The van der Waals surface area contributed by atoms with Gasteiger partial charge in [0, 0.05) is 25.0 Å². The van der Waals surface area contributed by atoms with E-state index in [4.69, 9.17) is 0 Å². The fourth-order valence-corrected chi connectivity index (χ4v) is 4.41. The third-order valence-electron chi connectivity index (χ3n) is 4.95. The second-order valence-corrected chi connectivity index (χ2v) is 9.54. The molecule has 1 saturated carbocycles. The summed E-state index contributed by atoms with van der Waals surface area (Å²) in [6, 6.07) is 12.9. The highest BCUT2D eigenvalue weighted by atomic mass is 32.2.